The number of aromatic nitrogens is 3. The van der Waals surface area contributed by atoms with Crippen LogP contribution in [0.4, 0.5) is 0 Å². The summed E-state index contributed by atoms with van der Waals surface area (Å²) in [5, 5.41) is 9.33. The van der Waals surface area contributed by atoms with Crippen LogP contribution in [0.5, 0.6) is 0 Å². The molecule has 1 fully saturated rings. The average molecular weight is 141 g/mol. The molecular weight excluding hydrogens is 130 g/mol. The van der Waals surface area contributed by atoms with Crippen molar-refractivity contribution in [3.8, 4) is 0 Å². The van der Waals surface area contributed by atoms with Crippen molar-refractivity contribution in [1.82, 2.24) is 15.4 Å². The first kappa shape index (κ1) is 7.21. The van der Waals surface area contributed by atoms with E-state index in [1.807, 2.05) is 0 Å². The monoisotopic (exact) mass is 141 g/mol. The van der Waals surface area contributed by atoms with Crippen molar-refractivity contribution in [2.75, 3.05) is 13.2 Å². The molecule has 1 aliphatic heterocycles. The lowest BCUT2D eigenvalue weighted by Gasteiger charge is -1.76. The molecule has 0 aliphatic carbocycles. The van der Waals surface area contributed by atoms with Crippen LogP contribution in [-0.2, 0) is 4.74 Å². The summed E-state index contributed by atoms with van der Waals surface area (Å²) >= 11 is 0. The lowest BCUT2D eigenvalue weighted by Crippen LogP contribution is -1.74. The van der Waals surface area contributed by atoms with Crippen LogP contribution in [-0.4, -0.2) is 28.6 Å². The maximum absolute atomic E-state index is 4.94. The van der Waals surface area contributed by atoms with E-state index >= 15 is 0 Å². The number of ether oxygens (including phenoxy) is 1. The van der Waals surface area contributed by atoms with Gasteiger partial charge in [0.05, 0.1) is 12.4 Å². The molecule has 1 aliphatic rings. The van der Waals surface area contributed by atoms with E-state index in [4.69, 9.17) is 4.74 Å². The predicted molar refractivity (Wildman–Crippen MR) is 36.4 cm³/mol. The van der Waals surface area contributed by atoms with Crippen LogP contribution in [0.1, 0.15) is 12.8 Å². The van der Waals surface area contributed by atoms with E-state index in [1.165, 1.54) is 12.8 Å². The summed E-state index contributed by atoms with van der Waals surface area (Å²) in [6.07, 6.45) is 5.72. The summed E-state index contributed by atoms with van der Waals surface area (Å²) in [5.74, 6) is 0. The first-order valence-electron chi connectivity index (χ1n) is 3.37. The van der Waals surface area contributed by atoms with Crippen molar-refractivity contribution in [2.45, 2.75) is 12.8 Å². The van der Waals surface area contributed by atoms with Crippen LogP contribution in [0.15, 0.2) is 12.4 Å². The second-order valence-electron chi connectivity index (χ2n) is 1.98. The summed E-state index contributed by atoms with van der Waals surface area (Å²) in [6, 6.07) is 0. The highest BCUT2D eigenvalue weighted by atomic mass is 16.5. The fourth-order valence-electron chi connectivity index (χ4n) is 0.677. The van der Waals surface area contributed by atoms with Gasteiger partial charge in [0.25, 0.3) is 0 Å². The molecule has 1 aromatic heterocycles. The molecule has 0 saturated carbocycles. The normalized spacial score (nSPS) is 16.0. The predicted octanol–water partition coefficient (Wildman–Crippen LogP) is 0.601. The van der Waals surface area contributed by atoms with Crippen LogP contribution in [0.3, 0.4) is 0 Å². The molecule has 2 rings (SSSR count). The Hall–Kier alpha value is -0.900. The zero-order valence-electron chi connectivity index (χ0n) is 5.79. The number of nitrogens with one attached hydrogen (secondary N) is 1. The van der Waals surface area contributed by atoms with Gasteiger partial charge in [-0.05, 0) is 12.8 Å². The summed E-state index contributed by atoms with van der Waals surface area (Å²) in [5.41, 5.74) is 0. The van der Waals surface area contributed by atoms with Crippen molar-refractivity contribution in [2.24, 2.45) is 0 Å². The van der Waals surface area contributed by atoms with E-state index in [1.54, 1.807) is 12.4 Å². The molecule has 1 saturated heterocycles. The molecule has 4 heteroatoms. The molecule has 4 nitrogen and oxygen atoms in total. The maximum Gasteiger partial charge on any atom is 0.0690 e. The van der Waals surface area contributed by atoms with Gasteiger partial charge in [0, 0.05) is 13.2 Å². The minimum atomic E-state index is 1.00. The van der Waals surface area contributed by atoms with E-state index in [9.17, 15) is 0 Å². The van der Waals surface area contributed by atoms with Crippen molar-refractivity contribution in [1.29, 1.82) is 0 Å². The quantitative estimate of drug-likeness (QED) is 0.575. The van der Waals surface area contributed by atoms with Gasteiger partial charge in [0.1, 0.15) is 0 Å². The zero-order valence-corrected chi connectivity index (χ0v) is 5.79. The molecule has 1 aromatic rings. The smallest absolute Gasteiger partial charge is 0.0690 e. The Kier molecular flexibility index (Phi) is 3.56. The number of hydrogen-bond acceptors (Lipinski definition) is 3. The molecule has 56 valence electrons. The topological polar surface area (TPSA) is 50.8 Å². The Morgan fingerprint density at radius 2 is 1.70 bits per heavy atom. The van der Waals surface area contributed by atoms with Crippen LogP contribution in [0, 0.1) is 0 Å². The molecule has 10 heavy (non-hydrogen) atoms. The standard InChI is InChI=1S/C4H8O.C2H3N3/c2*1-2-4-5-3-1/h1-4H2;1-2H,(H,3,4,5). The zero-order chi connectivity index (χ0) is 7.07. The molecular formula is C6H11N3O. The van der Waals surface area contributed by atoms with Gasteiger partial charge >= 0.3 is 0 Å². The Morgan fingerprint density at radius 3 is 1.90 bits per heavy atom. The molecule has 1 N–H and O–H groups in total. The van der Waals surface area contributed by atoms with Gasteiger partial charge in [-0.15, -0.1) is 0 Å². The maximum atomic E-state index is 4.94. The second-order valence-corrected chi connectivity index (χ2v) is 1.98. The van der Waals surface area contributed by atoms with Gasteiger partial charge in [0.2, 0.25) is 0 Å². The molecule has 0 bridgehead atoms. The van der Waals surface area contributed by atoms with Crippen LogP contribution in [0.25, 0.3) is 0 Å². The molecule has 0 radical (unpaired) electrons. The van der Waals surface area contributed by atoms with Gasteiger partial charge in [-0.1, -0.05) is 0 Å². The van der Waals surface area contributed by atoms with Gasteiger partial charge in [-0.25, -0.2) is 0 Å². The van der Waals surface area contributed by atoms with E-state index in [0.29, 0.717) is 0 Å². The molecule has 0 spiro atoms. The van der Waals surface area contributed by atoms with Crippen LogP contribution in [0.2, 0.25) is 0 Å². The van der Waals surface area contributed by atoms with Gasteiger partial charge < -0.3 is 4.74 Å². The van der Waals surface area contributed by atoms with Gasteiger partial charge in [-0.2, -0.15) is 15.4 Å². The first-order valence-corrected chi connectivity index (χ1v) is 3.37. The number of aromatic amines is 1. The molecule has 2 heterocycles. The van der Waals surface area contributed by atoms with Crippen molar-refractivity contribution >= 4 is 0 Å². The third-order valence-electron chi connectivity index (χ3n) is 1.16. The number of nitrogens with zero attached hydrogens (tertiary/aromatic N) is 2. The van der Waals surface area contributed by atoms with E-state index < -0.39 is 0 Å². The number of H-pyrrole nitrogens is 1. The lowest BCUT2D eigenvalue weighted by molar-refractivity contribution is 0.198. The van der Waals surface area contributed by atoms with Crippen molar-refractivity contribution < 1.29 is 4.74 Å². The summed E-state index contributed by atoms with van der Waals surface area (Å²) in [7, 11) is 0. The summed E-state index contributed by atoms with van der Waals surface area (Å²) in [6.45, 7) is 2.00. The fourth-order valence-corrected chi connectivity index (χ4v) is 0.677. The number of rotatable bonds is 0. The molecule has 0 amide bonds. The third-order valence-corrected chi connectivity index (χ3v) is 1.16. The summed E-state index contributed by atoms with van der Waals surface area (Å²) in [4.78, 5) is 0. The largest absolute Gasteiger partial charge is 0.381 e. The van der Waals surface area contributed by atoms with E-state index in [-0.39, 0.29) is 0 Å². The average Bonchev–Trinajstić information content (AvgIpc) is 2.67. The van der Waals surface area contributed by atoms with E-state index in [2.05, 4.69) is 15.4 Å². The van der Waals surface area contributed by atoms with Crippen LogP contribution >= 0.6 is 0 Å². The minimum absolute atomic E-state index is 1.00. The molecule has 0 atom stereocenters. The highest BCUT2D eigenvalue weighted by Crippen LogP contribution is 1.98. The first-order chi connectivity index (χ1) is 5.00. The minimum Gasteiger partial charge on any atom is -0.381 e. The molecule has 0 unspecified atom stereocenters. The van der Waals surface area contributed by atoms with Crippen molar-refractivity contribution in [3.05, 3.63) is 12.4 Å². The Bertz CT molecular complexity index is 112. The number of hydrogen-bond donors (Lipinski definition) is 1. The lowest BCUT2D eigenvalue weighted by atomic mass is 10.4. The van der Waals surface area contributed by atoms with E-state index in [0.717, 1.165) is 13.2 Å². The van der Waals surface area contributed by atoms with Crippen LogP contribution < -0.4 is 0 Å². The Balaban J connectivity index is 0.0000001000. The second kappa shape index (κ2) is 4.93. The Morgan fingerprint density at radius 1 is 1.10 bits per heavy atom. The van der Waals surface area contributed by atoms with Crippen molar-refractivity contribution in [3.63, 3.8) is 0 Å². The Labute approximate surface area is 59.6 Å². The summed E-state index contributed by atoms with van der Waals surface area (Å²) < 4.78 is 4.94. The fraction of sp³-hybridized carbons (Fsp3) is 0.667. The van der Waals surface area contributed by atoms with Gasteiger partial charge in [0.15, 0.2) is 0 Å². The molecule has 0 aromatic carbocycles. The third kappa shape index (κ3) is 3.19. The highest BCUT2D eigenvalue weighted by molar-refractivity contribution is 4.54. The highest BCUT2D eigenvalue weighted by Gasteiger charge is 1.94. The SMILES string of the molecule is C1CCOC1.c1cn[nH]n1. The van der Waals surface area contributed by atoms with Gasteiger partial charge in [-0.3, -0.25) is 0 Å².